The van der Waals surface area contributed by atoms with Crippen molar-refractivity contribution in [3.8, 4) is 12.3 Å². The smallest absolute Gasteiger partial charge is 0.253 e. The van der Waals surface area contributed by atoms with Gasteiger partial charge in [-0.25, -0.2) is 0 Å². The van der Waals surface area contributed by atoms with E-state index in [0.717, 1.165) is 6.42 Å². The Bertz CT molecular complexity index is 848. The number of benzene rings is 1. The lowest BCUT2D eigenvalue weighted by molar-refractivity contribution is -0.132. The first kappa shape index (κ1) is 21.8. The number of likely N-dealkylation sites (tertiary alicyclic amines) is 1. The number of rotatable bonds is 5. The molecule has 160 valence electrons. The van der Waals surface area contributed by atoms with Gasteiger partial charge in [0.2, 0.25) is 11.8 Å². The summed E-state index contributed by atoms with van der Waals surface area (Å²) in [4.78, 5) is 40.6. The summed E-state index contributed by atoms with van der Waals surface area (Å²) in [6.45, 7) is 7.01. The molecule has 30 heavy (non-hydrogen) atoms. The molecule has 1 atom stereocenters. The van der Waals surface area contributed by atoms with E-state index in [1.807, 2.05) is 4.90 Å². The largest absolute Gasteiger partial charge is 0.338 e. The molecule has 2 heterocycles. The minimum atomic E-state index is -0.477. The van der Waals surface area contributed by atoms with E-state index >= 15 is 0 Å². The topological polar surface area (TPSA) is 81.8 Å². The zero-order valence-electron chi connectivity index (χ0n) is 17.9. The second-order valence-corrected chi connectivity index (χ2v) is 8.54. The number of hydrogen-bond acceptors (Lipinski definition) is 4. The maximum absolute atomic E-state index is 12.9. The molecule has 3 amide bonds. The predicted molar refractivity (Wildman–Crippen MR) is 116 cm³/mol. The van der Waals surface area contributed by atoms with Crippen molar-refractivity contribution < 1.29 is 14.4 Å². The van der Waals surface area contributed by atoms with E-state index in [1.165, 1.54) is 6.92 Å². The molecular weight excluding hydrogens is 380 g/mol. The van der Waals surface area contributed by atoms with Crippen molar-refractivity contribution in [2.45, 2.75) is 51.7 Å². The van der Waals surface area contributed by atoms with Crippen LogP contribution < -0.4 is 10.6 Å². The Morgan fingerprint density at radius 2 is 1.90 bits per heavy atom. The fourth-order valence-corrected chi connectivity index (χ4v) is 4.39. The summed E-state index contributed by atoms with van der Waals surface area (Å²) in [5.74, 6) is 2.88. The van der Waals surface area contributed by atoms with Crippen LogP contribution in [0.5, 0.6) is 0 Å². The van der Waals surface area contributed by atoms with Crippen molar-refractivity contribution in [1.29, 1.82) is 0 Å². The molecule has 0 aromatic heterocycles. The average Bonchev–Trinajstić information content (AvgIpc) is 2.93. The molecule has 1 aromatic carbocycles. The van der Waals surface area contributed by atoms with Crippen molar-refractivity contribution in [2.24, 2.45) is 5.92 Å². The molecule has 2 aliphatic rings. The van der Waals surface area contributed by atoms with Gasteiger partial charge in [-0.05, 0) is 36.6 Å². The fourth-order valence-electron chi connectivity index (χ4n) is 4.39. The summed E-state index contributed by atoms with van der Waals surface area (Å²) in [5.41, 5.74) is 0.759. The number of terminal acetylenes is 1. The van der Waals surface area contributed by atoms with E-state index in [2.05, 4.69) is 30.4 Å². The molecule has 0 radical (unpaired) electrons. The third-order valence-electron chi connectivity index (χ3n) is 5.81. The third-order valence-corrected chi connectivity index (χ3v) is 5.81. The number of piperidine rings is 1. The van der Waals surface area contributed by atoms with Crippen molar-refractivity contribution in [3.63, 3.8) is 0 Å². The highest BCUT2D eigenvalue weighted by molar-refractivity contribution is 5.95. The van der Waals surface area contributed by atoms with Gasteiger partial charge < -0.3 is 15.1 Å². The van der Waals surface area contributed by atoms with Crippen LogP contribution >= 0.6 is 0 Å². The Hall–Kier alpha value is -2.85. The third kappa shape index (κ3) is 4.49. The lowest BCUT2D eigenvalue weighted by Gasteiger charge is -2.44. The lowest BCUT2D eigenvalue weighted by Crippen LogP contribution is -2.59. The molecule has 0 saturated carbocycles. The number of amides is 3. The first-order valence-electron chi connectivity index (χ1n) is 10.5. The molecule has 7 heteroatoms. The van der Waals surface area contributed by atoms with Crippen molar-refractivity contribution >= 4 is 23.4 Å². The second kappa shape index (κ2) is 8.88. The van der Waals surface area contributed by atoms with E-state index in [4.69, 9.17) is 6.42 Å². The van der Waals surface area contributed by atoms with Crippen molar-refractivity contribution in [1.82, 2.24) is 15.1 Å². The molecule has 2 fully saturated rings. The summed E-state index contributed by atoms with van der Waals surface area (Å²) < 4.78 is 0. The Balaban J connectivity index is 1.68. The molecule has 2 aliphatic heterocycles. The lowest BCUT2D eigenvalue weighted by atomic mass is 9.95. The van der Waals surface area contributed by atoms with Gasteiger partial charge in [0.05, 0.1) is 18.2 Å². The first-order chi connectivity index (χ1) is 14.3. The van der Waals surface area contributed by atoms with Gasteiger partial charge in [-0.1, -0.05) is 19.8 Å². The standard InChI is InChI=1S/C23H30N4O3/c1-5-12-27-22(30)20(15-16(2)3)25-23(27)10-13-26(14-11-23)21(29)18-6-8-19(9-7-18)24-17(4)28/h1,6-9,16,20,25H,10-15H2,2-4H3,(H,24,28). The number of hydrogen-bond donors (Lipinski definition) is 2. The Morgan fingerprint density at radius 1 is 1.27 bits per heavy atom. The maximum Gasteiger partial charge on any atom is 0.253 e. The number of nitrogens with one attached hydrogen (secondary N) is 2. The molecule has 1 spiro atoms. The van der Waals surface area contributed by atoms with Crippen LogP contribution in [0.15, 0.2) is 24.3 Å². The van der Waals surface area contributed by atoms with Crippen LogP contribution in [0, 0.1) is 18.3 Å². The van der Waals surface area contributed by atoms with Crippen LogP contribution in [-0.2, 0) is 9.59 Å². The van der Waals surface area contributed by atoms with Gasteiger partial charge >= 0.3 is 0 Å². The van der Waals surface area contributed by atoms with E-state index in [0.29, 0.717) is 43.1 Å². The predicted octanol–water partition coefficient (Wildman–Crippen LogP) is 2.06. The first-order valence-corrected chi connectivity index (χ1v) is 10.5. The Labute approximate surface area is 178 Å². The van der Waals surface area contributed by atoms with E-state index in [-0.39, 0.29) is 30.3 Å². The molecule has 1 unspecified atom stereocenters. The molecular formula is C23H30N4O3. The highest BCUT2D eigenvalue weighted by atomic mass is 16.2. The van der Waals surface area contributed by atoms with Gasteiger partial charge in [0.1, 0.15) is 0 Å². The fraction of sp³-hybridized carbons (Fsp3) is 0.522. The summed E-state index contributed by atoms with van der Waals surface area (Å²) in [7, 11) is 0. The number of nitrogens with zero attached hydrogens (tertiary/aromatic N) is 2. The maximum atomic E-state index is 12.9. The van der Waals surface area contributed by atoms with E-state index in [1.54, 1.807) is 29.2 Å². The van der Waals surface area contributed by atoms with Crippen molar-refractivity contribution in [2.75, 3.05) is 25.0 Å². The van der Waals surface area contributed by atoms with Gasteiger partial charge in [-0.3, -0.25) is 19.7 Å². The molecule has 2 N–H and O–H groups in total. The zero-order chi connectivity index (χ0) is 21.9. The van der Waals surface area contributed by atoms with E-state index < -0.39 is 5.66 Å². The molecule has 2 saturated heterocycles. The van der Waals surface area contributed by atoms with Crippen LogP contribution in [0.1, 0.15) is 50.4 Å². The summed E-state index contributed by atoms with van der Waals surface area (Å²) in [5, 5.41) is 6.25. The summed E-state index contributed by atoms with van der Waals surface area (Å²) in [6.07, 6.45) is 7.59. The van der Waals surface area contributed by atoms with Crippen LogP contribution in [-0.4, -0.2) is 58.9 Å². The Morgan fingerprint density at radius 3 is 2.43 bits per heavy atom. The number of anilines is 1. The minimum absolute atomic E-state index is 0.0502. The van der Waals surface area contributed by atoms with Gasteiger partial charge in [0, 0.05) is 44.1 Å². The molecule has 7 nitrogen and oxygen atoms in total. The quantitative estimate of drug-likeness (QED) is 0.728. The van der Waals surface area contributed by atoms with E-state index in [9.17, 15) is 14.4 Å². The van der Waals surface area contributed by atoms with Gasteiger partial charge in [0.25, 0.3) is 5.91 Å². The summed E-state index contributed by atoms with van der Waals surface area (Å²) >= 11 is 0. The van der Waals surface area contributed by atoms with Crippen LogP contribution in [0.4, 0.5) is 5.69 Å². The second-order valence-electron chi connectivity index (χ2n) is 8.54. The normalized spacial score (nSPS) is 20.5. The monoisotopic (exact) mass is 410 g/mol. The number of carbonyl (C=O) groups is 3. The summed E-state index contributed by atoms with van der Waals surface area (Å²) in [6, 6.07) is 6.67. The van der Waals surface area contributed by atoms with Crippen LogP contribution in [0.25, 0.3) is 0 Å². The number of carbonyl (C=O) groups excluding carboxylic acids is 3. The van der Waals surface area contributed by atoms with Gasteiger partial charge in [-0.2, -0.15) is 0 Å². The molecule has 0 bridgehead atoms. The highest BCUT2D eigenvalue weighted by Crippen LogP contribution is 2.34. The minimum Gasteiger partial charge on any atom is -0.338 e. The molecule has 0 aliphatic carbocycles. The molecule has 3 rings (SSSR count). The SMILES string of the molecule is C#CCN1C(=O)C(CC(C)C)NC12CCN(C(=O)c1ccc(NC(C)=O)cc1)CC2. The zero-order valence-corrected chi connectivity index (χ0v) is 17.9. The average molecular weight is 411 g/mol. The van der Waals surface area contributed by atoms with Gasteiger partial charge in [0.15, 0.2) is 0 Å². The molecule has 1 aromatic rings. The van der Waals surface area contributed by atoms with Crippen LogP contribution in [0.3, 0.4) is 0 Å². The van der Waals surface area contributed by atoms with Crippen molar-refractivity contribution in [3.05, 3.63) is 29.8 Å². The van der Waals surface area contributed by atoms with Crippen LogP contribution in [0.2, 0.25) is 0 Å². The highest BCUT2D eigenvalue weighted by Gasteiger charge is 2.51. The Kier molecular flexibility index (Phi) is 6.47. The van der Waals surface area contributed by atoms with Gasteiger partial charge in [-0.15, -0.1) is 6.42 Å².